The number of piperidine rings is 1. The molecular formula is C21H31F3N4O3. The molecule has 1 aromatic rings. The summed E-state index contributed by atoms with van der Waals surface area (Å²) in [6.45, 7) is 4.00. The van der Waals surface area contributed by atoms with E-state index in [0.29, 0.717) is 24.8 Å². The lowest BCUT2D eigenvalue weighted by atomic mass is 9.93. The Morgan fingerprint density at radius 3 is 2.68 bits per heavy atom. The number of nitrogens with one attached hydrogen (secondary N) is 2. The Kier molecular flexibility index (Phi) is 9.42. The van der Waals surface area contributed by atoms with Crippen molar-refractivity contribution in [3.05, 3.63) is 29.8 Å². The van der Waals surface area contributed by atoms with E-state index in [9.17, 15) is 23.1 Å². The number of rotatable bonds is 8. The van der Waals surface area contributed by atoms with Crippen LogP contribution in [-0.2, 0) is 11.0 Å². The zero-order valence-corrected chi connectivity index (χ0v) is 17.9. The van der Waals surface area contributed by atoms with Crippen molar-refractivity contribution in [3.63, 3.8) is 0 Å². The van der Waals surface area contributed by atoms with Crippen LogP contribution >= 0.6 is 0 Å². The number of carbonyl (C=O) groups excluding carboxylic acids is 1. The lowest BCUT2D eigenvalue weighted by Gasteiger charge is -2.34. The lowest BCUT2D eigenvalue weighted by molar-refractivity contribution is -0.137. The first-order chi connectivity index (χ1) is 14.7. The highest BCUT2D eigenvalue weighted by Crippen LogP contribution is 2.31. The molecule has 31 heavy (non-hydrogen) atoms. The van der Waals surface area contributed by atoms with Crippen molar-refractivity contribution in [1.29, 1.82) is 0 Å². The number of halogens is 3. The van der Waals surface area contributed by atoms with Gasteiger partial charge in [0.1, 0.15) is 18.5 Å². The third kappa shape index (κ3) is 8.28. The molecule has 1 heterocycles. The van der Waals surface area contributed by atoms with Crippen LogP contribution in [0.2, 0.25) is 0 Å². The average molecular weight is 444 g/mol. The van der Waals surface area contributed by atoms with Crippen LogP contribution in [0.4, 0.5) is 13.2 Å². The molecule has 0 saturated carbocycles. The van der Waals surface area contributed by atoms with E-state index >= 15 is 0 Å². The number of aliphatic hydroxyl groups excluding tert-OH is 1. The molecule has 1 saturated heterocycles. The highest BCUT2D eigenvalue weighted by Gasteiger charge is 2.30. The number of aliphatic hydroxyl groups is 1. The fourth-order valence-corrected chi connectivity index (χ4v) is 3.34. The first-order valence-electron chi connectivity index (χ1n) is 10.4. The normalized spacial score (nSPS) is 16.7. The van der Waals surface area contributed by atoms with E-state index < -0.39 is 17.8 Å². The van der Waals surface area contributed by atoms with Gasteiger partial charge < -0.3 is 25.4 Å². The number of likely N-dealkylation sites (tertiary alicyclic amines) is 1. The minimum absolute atomic E-state index is 0.0444. The minimum Gasteiger partial charge on any atom is -0.491 e. The zero-order chi connectivity index (χ0) is 22.9. The van der Waals surface area contributed by atoms with Crippen LogP contribution in [0.25, 0.3) is 0 Å². The van der Waals surface area contributed by atoms with E-state index in [1.165, 1.54) is 12.1 Å². The Morgan fingerprint density at radius 2 is 2.06 bits per heavy atom. The third-order valence-electron chi connectivity index (χ3n) is 5.06. The fourth-order valence-electron chi connectivity index (χ4n) is 3.34. The number of alkyl halides is 3. The van der Waals surface area contributed by atoms with Crippen LogP contribution in [0.15, 0.2) is 29.3 Å². The van der Waals surface area contributed by atoms with Crippen molar-refractivity contribution in [2.24, 2.45) is 10.9 Å². The quantitative estimate of drug-likeness (QED) is 0.423. The van der Waals surface area contributed by atoms with Crippen LogP contribution in [0, 0.1) is 5.92 Å². The lowest BCUT2D eigenvalue weighted by Crippen LogP contribution is -2.46. The summed E-state index contributed by atoms with van der Waals surface area (Å²) in [5, 5.41) is 16.0. The van der Waals surface area contributed by atoms with E-state index in [1.54, 1.807) is 7.05 Å². The molecule has 10 heteroatoms. The van der Waals surface area contributed by atoms with Gasteiger partial charge in [0, 0.05) is 33.1 Å². The minimum atomic E-state index is -4.45. The van der Waals surface area contributed by atoms with Crippen molar-refractivity contribution in [2.45, 2.75) is 38.5 Å². The predicted octanol–water partition coefficient (Wildman–Crippen LogP) is 2.26. The largest absolute Gasteiger partial charge is 0.491 e. The number of guanidine groups is 1. The van der Waals surface area contributed by atoms with Gasteiger partial charge in [-0.3, -0.25) is 9.79 Å². The maximum Gasteiger partial charge on any atom is 0.416 e. The highest BCUT2D eigenvalue weighted by molar-refractivity contribution is 5.80. The second-order valence-electron chi connectivity index (χ2n) is 7.49. The zero-order valence-electron chi connectivity index (χ0n) is 17.9. The highest BCUT2D eigenvalue weighted by atomic mass is 19.4. The summed E-state index contributed by atoms with van der Waals surface area (Å²) in [4.78, 5) is 18.1. The SMILES string of the molecule is CCNC(=NCC(O)COc1cccc(C(F)(F)F)c1)N1CCC(CC(=O)NC)CC1. The number of nitrogens with zero attached hydrogens (tertiary/aromatic N) is 2. The van der Waals surface area contributed by atoms with Crippen LogP contribution < -0.4 is 15.4 Å². The van der Waals surface area contributed by atoms with Crippen LogP contribution in [0.1, 0.15) is 31.7 Å². The van der Waals surface area contributed by atoms with Gasteiger partial charge in [0.15, 0.2) is 5.96 Å². The van der Waals surface area contributed by atoms with E-state index in [-0.39, 0.29) is 24.8 Å². The van der Waals surface area contributed by atoms with Crippen LogP contribution in [-0.4, -0.2) is 67.8 Å². The maximum atomic E-state index is 12.8. The van der Waals surface area contributed by atoms with Crippen molar-refractivity contribution in [2.75, 3.05) is 39.8 Å². The Bertz CT molecular complexity index is 735. The van der Waals surface area contributed by atoms with Gasteiger partial charge in [-0.2, -0.15) is 13.2 Å². The molecule has 0 spiro atoms. The van der Waals surface area contributed by atoms with Crippen LogP contribution in [0.3, 0.4) is 0 Å². The molecule has 1 fully saturated rings. The second kappa shape index (κ2) is 11.8. The molecule has 174 valence electrons. The predicted molar refractivity (Wildman–Crippen MR) is 112 cm³/mol. The number of hydrogen-bond donors (Lipinski definition) is 3. The first-order valence-corrected chi connectivity index (χ1v) is 10.4. The number of hydrogen-bond acceptors (Lipinski definition) is 4. The molecule has 1 aromatic carbocycles. The molecule has 1 atom stereocenters. The molecule has 1 aliphatic rings. The Labute approximate surface area is 180 Å². The fraction of sp³-hybridized carbons (Fsp3) is 0.619. The number of ether oxygens (including phenoxy) is 1. The summed E-state index contributed by atoms with van der Waals surface area (Å²) in [5.74, 6) is 1.09. The molecule has 1 amide bonds. The monoisotopic (exact) mass is 444 g/mol. The number of aliphatic imine (C=N–C) groups is 1. The molecule has 3 N–H and O–H groups in total. The van der Waals surface area contributed by atoms with Gasteiger partial charge in [-0.1, -0.05) is 6.07 Å². The third-order valence-corrected chi connectivity index (χ3v) is 5.06. The molecule has 0 aromatic heterocycles. The van der Waals surface area contributed by atoms with Gasteiger partial charge in [0.05, 0.1) is 12.1 Å². The summed E-state index contributed by atoms with van der Waals surface area (Å²) >= 11 is 0. The van der Waals surface area contributed by atoms with E-state index in [0.717, 1.165) is 38.1 Å². The Balaban J connectivity index is 1.86. The van der Waals surface area contributed by atoms with Gasteiger partial charge in [-0.05, 0) is 43.9 Å². The van der Waals surface area contributed by atoms with Gasteiger partial charge in [0.25, 0.3) is 0 Å². The van der Waals surface area contributed by atoms with E-state index in [2.05, 4.69) is 20.5 Å². The average Bonchev–Trinajstić information content (AvgIpc) is 2.75. The van der Waals surface area contributed by atoms with E-state index in [1.807, 2.05) is 6.92 Å². The first kappa shape index (κ1) is 24.8. The molecule has 0 bridgehead atoms. The van der Waals surface area contributed by atoms with Gasteiger partial charge in [-0.25, -0.2) is 0 Å². The van der Waals surface area contributed by atoms with Crippen molar-refractivity contribution >= 4 is 11.9 Å². The van der Waals surface area contributed by atoms with Crippen molar-refractivity contribution in [3.8, 4) is 5.75 Å². The Hall–Kier alpha value is -2.49. The van der Waals surface area contributed by atoms with Crippen molar-refractivity contribution in [1.82, 2.24) is 15.5 Å². The topological polar surface area (TPSA) is 86.2 Å². The molecule has 0 radical (unpaired) electrons. The molecule has 1 unspecified atom stereocenters. The summed E-state index contributed by atoms with van der Waals surface area (Å²) in [5.41, 5.74) is -0.799. The van der Waals surface area contributed by atoms with Gasteiger partial charge in [0.2, 0.25) is 5.91 Å². The molecule has 7 nitrogen and oxygen atoms in total. The van der Waals surface area contributed by atoms with Crippen molar-refractivity contribution < 1.29 is 27.8 Å². The maximum absolute atomic E-state index is 12.8. The summed E-state index contributed by atoms with van der Waals surface area (Å²) < 4.78 is 43.6. The smallest absolute Gasteiger partial charge is 0.416 e. The van der Waals surface area contributed by atoms with Gasteiger partial charge in [-0.15, -0.1) is 0 Å². The standard InChI is InChI=1S/C21H31F3N4O3/c1-3-26-20(28-9-7-15(8-10-28)11-19(30)25-2)27-13-17(29)14-31-18-6-4-5-16(12-18)21(22,23)24/h4-6,12,15,17,29H,3,7-11,13-14H2,1-2H3,(H,25,30)(H,26,27). The number of amides is 1. The molecular weight excluding hydrogens is 413 g/mol. The summed E-state index contributed by atoms with van der Waals surface area (Å²) in [7, 11) is 1.63. The number of benzene rings is 1. The second-order valence-corrected chi connectivity index (χ2v) is 7.49. The summed E-state index contributed by atoms with van der Waals surface area (Å²) in [6, 6.07) is 4.55. The Morgan fingerprint density at radius 1 is 1.35 bits per heavy atom. The van der Waals surface area contributed by atoms with Crippen LogP contribution in [0.5, 0.6) is 5.75 Å². The molecule has 1 aliphatic heterocycles. The number of carbonyl (C=O) groups is 1. The van der Waals surface area contributed by atoms with Gasteiger partial charge >= 0.3 is 6.18 Å². The van der Waals surface area contributed by atoms with E-state index in [4.69, 9.17) is 4.74 Å². The molecule has 0 aliphatic carbocycles. The summed E-state index contributed by atoms with van der Waals surface area (Å²) in [6.07, 6.45) is -3.15. The molecule has 2 rings (SSSR count).